The molecule has 0 spiro atoms. The Morgan fingerprint density at radius 1 is 1.50 bits per heavy atom. The molecule has 86 valence electrons. The van der Waals surface area contributed by atoms with E-state index in [9.17, 15) is 4.79 Å². The molecule has 1 aromatic carbocycles. The lowest BCUT2D eigenvalue weighted by molar-refractivity contribution is -0.118. The van der Waals surface area contributed by atoms with Crippen molar-refractivity contribution in [3.63, 3.8) is 0 Å². The van der Waals surface area contributed by atoms with Crippen LogP contribution in [0.3, 0.4) is 0 Å². The molecule has 1 amide bonds. The van der Waals surface area contributed by atoms with Crippen LogP contribution in [0.2, 0.25) is 0 Å². The molecule has 0 saturated heterocycles. The summed E-state index contributed by atoms with van der Waals surface area (Å²) >= 11 is 0. The van der Waals surface area contributed by atoms with Crippen LogP contribution >= 0.6 is 0 Å². The molecule has 0 fully saturated rings. The number of rotatable bonds is 2. The molecule has 1 aliphatic heterocycles. The van der Waals surface area contributed by atoms with E-state index in [0.717, 1.165) is 42.7 Å². The largest absolute Gasteiger partial charge is 0.398 e. The number of nitrogens with two attached hydrogens (primary N) is 1. The first-order valence-corrected chi connectivity index (χ1v) is 5.91. The lowest BCUT2D eigenvalue weighted by atomic mass is 9.99. The van der Waals surface area contributed by atoms with Crippen LogP contribution in [0.5, 0.6) is 0 Å². The molecule has 0 aliphatic carbocycles. The van der Waals surface area contributed by atoms with Crippen molar-refractivity contribution in [1.82, 2.24) is 0 Å². The Labute approximate surface area is 96.2 Å². The van der Waals surface area contributed by atoms with Crippen LogP contribution in [0, 0.1) is 0 Å². The van der Waals surface area contributed by atoms with Crippen LogP contribution < -0.4 is 10.6 Å². The molecule has 1 aromatic rings. The molecule has 3 nitrogen and oxygen atoms in total. The predicted molar refractivity (Wildman–Crippen MR) is 66.4 cm³/mol. The van der Waals surface area contributed by atoms with E-state index >= 15 is 0 Å². The summed E-state index contributed by atoms with van der Waals surface area (Å²) in [6.07, 6.45) is 3.51. The molecule has 0 bridgehead atoms. The zero-order valence-corrected chi connectivity index (χ0v) is 9.70. The summed E-state index contributed by atoms with van der Waals surface area (Å²) in [5.41, 5.74) is 8.91. The first kappa shape index (κ1) is 11.0. The molecule has 0 aromatic heterocycles. The Morgan fingerprint density at radius 2 is 2.31 bits per heavy atom. The van der Waals surface area contributed by atoms with Crippen molar-refractivity contribution in [2.24, 2.45) is 0 Å². The highest BCUT2D eigenvalue weighted by molar-refractivity contribution is 5.95. The van der Waals surface area contributed by atoms with Gasteiger partial charge in [0.2, 0.25) is 5.91 Å². The zero-order chi connectivity index (χ0) is 11.5. The van der Waals surface area contributed by atoms with Crippen LogP contribution in [-0.4, -0.2) is 12.5 Å². The van der Waals surface area contributed by atoms with Gasteiger partial charge >= 0.3 is 0 Å². The molecule has 16 heavy (non-hydrogen) atoms. The second-order valence-electron chi connectivity index (χ2n) is 4.24. The van der Waals surface area contributed by atoms with Crippen molar-refractivity contribution in [2.75, 3.05) is 17.2 Å². The highest BCUT2D eigenvalue weighted by Gasteiger charge is 2.22. The number of nitrogen functional groups attached to an aromatic ring is 1. The van der Waals surface area contributed by atoms with Gasteiger partial charge in [-0.3, -0.25) is 4.79 Å². The molecule has 2 N–H and O–H groups in total. The Kier molecular flexibility index (Phi) is 3.13. The molecule has 1 heterocycles. The van der Waals surface area contributed by atoms with Gasteiger partial charge in [-0.25, -0.2) is 0 Å². The maximum atomic E-state index is 12.0. The molecule has 0 saturated carbocycles. The van der Waals surface area contributed by atoms with Crippen molar-refractivity contribution in [2.45, 2.75) is 32.6 Å². The normalized spacial score (nSPS) is 14.7. The summed E-state index contributed by atoms with van der Waals surface area (Å²) < 4.78 is 0. The van der Waals surface area contributed by atoms with Crippen LogP contribution in [-0.2, 0) is 11.2 Å². The van der Waals surface area contributed by atoms with E-state index in [0.29, 0.717) is 6.42 Å². The lowest BCUT2D eigenvalue weighted by Crippen LogP contribution is -2.35. The Balaban J connectivity index is 2.33. The van der Waals surface area contributed by atoms with E-state index < -0.39 is 0 Å². The number of nitrogens with zero attached hydrogens (tertiary/aromatic N) is 1. The standard InChI is InChI=1S/C13H18N2O/c1-2-5-13(16)15-9-4-6-10-11(14)7-3-8-12(10)15/h3,7-8H,2,4-6,9,14H2,1H3. The fraction of sp³-hybridized carbons (Fsp3) is 0.462. The number of hydrogen-bond donors (Lipinski definition) is 1. The minimum atomic E-state index is 0.217. The van der Waals surface area contributed by atoms with Gasteiger partial charge in [-0.05, 0) is 37.0 Å². The van der Waals surface area contributed by atoms with Gasteiger partial charge in [-0.1, -0.05) is 13.0 Å². The Bertz CT molecular complexity index is 401. The minimum absolute atomic E-state index is 0.217. The van der Waals surface area contributed by atoms with Crippen LogP contribution in [0.1, 0.15) is 31.7 Å². The number of carbonyl (C=O) groups is 1. The summed E-state index contributed by atoms with van der Waals surface area (Å²) in [4.78, 5) is 13.8. The second kappa shape index (κ2) is 4.56. The number of benzene rings is 1. The average molecular weight is 218 g/mol. The third-order valence-electron chi connectivity index (χ3n) is 3.05. The molecule has 2 rings (SSSR count). The highest BCUT2D eigenvalue weighted by Crippen LogP contribution is 2.31. The van der Waals surface area contributed by atoms with Gasteiger partial charge in [-0.15, -0.1) is 0 Å². The SMILES string of the molecule is CCCC(=O)N1CCCc2c(N)cccc21. The maximum Gasteiger partial charge on any atom is 0.226 e. The van der Waals surface area contributed by atoms with Crippen molar-refractivity contribution < 1.29 is 4.79 Å². The third-order valence-corrected chi connectivity index (χ3v) is 3.05. The van der Waals surface area contributed by atoms with Crippen molar-refractivity contribution in [3.05, 3.63) is 23.8 Å². The number of anilines is 2. The second-order valence-corrected chi connectivity index (χ2v) is 4.24. The number of amides is 1. The van der Waals surface area contributed by atoms with Gasteiger partial charge in [0.25, 0.3) is 0 Å². The van der Waals surface area contributed by atoms with Gasteiger partial charge in [0, 0.05) is 24.3 Å². The number of fused-ring (bicyclic) bond motifs is 1. The van der Waals surface area contributed by atoms with E-state index in [-0.39, 0.29) is 5.91 Å². The van der Waals surface area contributed by atoms with Crippen molar-refractivity contribution in [3.8, 4) is 0 Å². The summed E-state index contributed by atoms with van der Waals surface area (Å²) in [5.74, 6) is 0.217. The van der Waals surface area contributed by atoms with Gasteiger partial charge in [0.05, 0.1) is 0 Å². The molecule has 0 radical (unpaired) electrons. The summed E-state index contributed by atoms with van der Waals surface area (Å²) in [6.45, 7) is 2.86. The average Bonchev–Trinajstić information content (AvgIpc) is 2.29. The molecule has 3 heteroatoms. The zero-order valence-electron chi connectivity index (χ0n) is 9.70. The molecule has 0 atom stereocenters. The number of hydrogen-bond acceptors (Lipinski definition) is 2. The monoisotopic (exact) mass is 218 g/mol. The summed E-state index contributed by atoms with van der Waals surface area (Å²) in [6, 6.07) is 5.83. The van der Waals surface area contributed by atoms with E-state index in [1.807, 2.05) is 30.0 Å². The van der Waals surface area contributed by atoms with E-state index in [1.54, 1.807) is 0 Å². The van der Waals surface area contributed by atoms with E-state index in [2.05, 4.69) is 0 Å². The van der Waals surface area contributed by atoms with E-state index in [4.69, 9.17) is 5.73 Å². The lowest BCUT2D eigenvalue weighted by Gasteiger charge is -2.30. The van der Waals surface area contributed by atoms with Crippen molar-refractivity contribution in [1.29, 1.82) is 0 Å². The Hall–Kier alpha value is -1.51. The minimum Gasteiger partial charge on any atom is -0.398 e. The Morgan fingerprint density at radius 3 is 3.06 bits per heavy atom. The quantitative estimate of drug-likeness (QED) is 0.774. The van der Waals surface area contributed by atoms with Gasteiger partial charge < -0.3 is 10.6 Å². The van der Waals surface area contributed by atoms with Gasteiger partial charge in [0.1, 0.15) is 0 Å². The van der Waals surface area contributed by atoms with Crippen molar-refractivity contribution >= 4 is 17.3 Å². The van der Waals surface area contributed by atoms with Gasteiger partial charge in [-0.2, -0.15) is 0 Å². The molecule has 0 unspecified atom stereocenters. The molecular weight excluding hydrogens is 200 g/mol. The third kappa shape index (κ3) is 1.90. The number of carbonyl (C=O) groups excluding carboxylic acids is 1. The smallest absolute Gasteiger partial charge is 0.226 e. The fourth-order valence-corrected chi connectivity index (χ4v) is 2.26. The van der Waals surface area contributed by atoms with Crippen LogP contribution in [0.25, 0.3) is 0 Å². The predicted octanol–water partition coefficient (Wildman–Crippen LogP) is 2.35. The first-order chi connectivity index (χ1) is 7.74. The summed E-state index contributed by atoms with van der Waals surface area (Å²) in [7, 11) is 0. The highest BCUT2D eigenvalue weighted by atomic mass is 16.2. The van der Waals surface area contributed by atoms with E-state index in [1.165, 1.54) is 0 Å². The van der Waals surface area contributed by atoms with Crippen LogP contribution in [0.15, 0.2) is 18.2 Å². The van der Waals surface area contributed by atoms with Gasteiger partial charge in [0.15, 0.2) is 0 Å². The maximum absolute atomic E-state index is 12.0. The first-order valence-electron chi connectivity index (χ1n) is 5.91. The topological polar surface area (TPSA) is 46.3 Å². The molecule has 1 aliphatic rings. The summed E-state index contributed by atoms with van der Waals surface area (Å²) in [5, 5.41) is 0. The molecular formula is C13H18N2O. The fourth-order valence-electron chi connectivity index (χ4n) is 2.26. The van der Waals surface area contributed by atoms with Crippen LogP contribution in [0.4, 0.5) is 11.4 Å².